The number of aromatic nitrogens is 3. The Hall–Kier alpha value is -1.84. The van der Waals surface area contributed by atoms with Crippen LogP contribution in [0.25, 0.3) is 11.4 Å². The number of aromatic amines is 1. The number of hydrogen-bond acceptors (Lipinski definition) is 3. The van der Waals surface area contributed by atoms with E-state index in [1.165, 1.54) is 0 Å². The average Bonchev–Trinajstić information content (AvgIpc) is 2.80. The Balaban J connectivity index is 2.19. The van der Waals surface area contributed by atoms with E-state index in [9.17, 15) is 0 Å². The molecule has 0 saturated carbocycles. The Morgan fingerprint density at radius 2 is 2.33 bits per heavy atom. The van der Waals surface area contributed by atoms with Crippen LogP contribution in [0.1, 0.15) is 13.3 Å². The predicted molar refractivity (Wildman–Crippen MR) is 60.6 cm³/mol. The maximum atomic E-state index is 4.45. The van der Waals surface area contributed by atoms with Crippen molar-refractivity contribution < 1.29 is 0 Å². The summed E-state index contributed by atoms with van der Waals surface area (Å²) in [6.45, 7) is 3.04. The molecule has 15 heavy (non-hydrogen) atoms. The number of H-pyrrole nitrogens is 1. The third-order valence-corrected chi connectivity index (χ3v) is 2.06. The van der Waals surface area contributed by atoms with E-state index in [2.05, 4.69) is 27.2 Å². The minimum Gasteiger partial charge on any atom is -0.369 e. The van der Waals surface area contributed by atoms with Crippen molar-refractivity contribution in [2.45, 2.75) is 13.3 Å². The molecule has 2 aromatic heterocycles. The fraction of sp³-hybridized carbons (Fsp3) is 0.273. The number of nitrogens with zero attached hydrogens (tertiary/aromatic N) is 2. The van der Waals surface area contributed by atoms with Gasteiger partial charge in [-0.1, -0.05) is 6.92 Å². The molecule has 0 atom stereocenters. The monoisotopic (exact) mass is 202 g/mol. The molecule has 0 fully saturated rings. The van der Waals surface area contributed by atoms with Crippen molar-refractivity contribution in [1.29, 1.82) is 0 Å². The van der Waals surface area contributed by atoms with Gasteiger partial charge in [-0.15, -0.1) is 0 Å². The van der Waals surface area contributed by atoms with E-state index < -0.39 is 0 Å². The van der Waals surface area contributed by atoms with Gasteiger partial charge in [-0.05, 0) is 18.6 Å². The van der Waals surface area contributed by atoms with E-state index in [0.717, 1.165) is 30.2 Å². The van der Waals surface area contributed by atoms with Gasteiger partial charge in [0.25, 0.3) is 0 Å². The zero-order valence-electron chi connectivity index (χ0n) is 8.70. The van der Waals surface area contributed by atoms with E-state index >= 15 is 0 Å². The molecule has 4 heteroatoms. The fourth-order valence-electron chi connectivity index (χ4n) is 1.32. The molecule has 0 saturated heterocycles. The van der Waals surface area contributed by atoms with Crippen LogP contribution in [0.5, 0.6) is 0 Å². The summed E-state index contributed by atoms with van der Waals surface area (Å²) in [5, 5.41) is 3.21. The lowest BCUT2D eigenvalue weighted by molar-refractivity contribution is 0.965. The maximum absolute atomic E-state index is 4.45. The molecule has 0 spiro atoms. The van der Waals surface area contributed by atoms with Crippen molar-refractivity contribution >= 4 is 5.82 Å². The van der Waals surface area contributed by atoms with Gasteiger partial charge in [-0.3, -0.25) is 4.98 Å². The zero-order chi connectivity index (χ0) is 10.5. The summed E-state index contributed by atoms with van der Waals surface area (Å²) in [5.74, 6) is 0.823. The van der Waals surface area contributed by atoms with Crippen molar-refractivity contribution in [3.05, 3.63) is 30.7 Å². The lowest BCUT2D eigenvalue weighted by Gasteiger charge is -2.04. The van der Waals surface area contributed by atoms with E-state index in [1.54, 1.807) is 12.4 Å². The SMILES string of the molecule is CCCNc1cncc(-c2ccc[nH]2)n1. The van der Waals surface area contributed by atoms with Gasteiger partial charge in [-0.25, -0.2) is 4.98 Å². The van der Waals surface area contributed by atoms with Crippen LogP contribution in [-0.2, 0) is 0 Å². The number of rotatable bonds is 4. The Labute approximate surface area is 88.8 Å². The Bertz CT molecular complexity index is 408. The number of nitrogens with one attached hydrogen (secondary N) is 2. The summed E-state index contributed by atoms with van der Waals surface area (Å²) < 4.78 is 0. The Morgan fingerprint density at radius 3 is 3.07 bits per heavy atom. The second kappa shape index (κ2) is 4.59. The van der Waals surface area contributed by atoms with Crippen LogP contribution in [-0.4, -0.2) is 21.5 Å². The molecule has 2 aromatic rings. The minimum absolute atomic E-state index is 0.823. The Morgan fingerprint density at radius 1 is 1.40 bits per heavy atom. The first-order valence-electron chi connectivity index (χ1n) is 5.10. The number of anilines is 1. The van der Waals surface area contributed by atoms with Crippen LogP contribution in [0, 0.1) is 0 Å². The van der Waals surface area contributed by atoms with Crippen LogP contribution >= 0.6 is 0 Å². The van der Waals surface area contributed by atoms with Crippen molar-refractivity contribution in [2.75, 3.05) is 11.9 Å². The molecule has 0 bridgehead atoms. The van der Waals surface area contributed by atoms with Crippen LogP contribution < -0.4 is 5.32 Å². The van der Waals surface area contributed by atoms with E-state index in [0.29, 0.717) is 0 Å². The van der Waals surface area contributed by atoms with Gasteiger partial charge in [0, 0.05) is 12.7 Å². The summed E-state index contributed by atoms with van der Waals surface area (Å²) in [6.07, 6.45) is 6.45. The third kappa shape index (κ3) is 2.34. The van der Waals surface area contributed by atoms with Crippen molar-refractivity contribution in [1.82, 2.24) is 15.0 Å². The van der Waals surface area contributed by atoms with Crippen molar-refractivity contribution in [3.8, 4) is 11.4 Å². The highest BCUT2D eigenvalue weighted by atomic mass is 15.0. The first kappa shape index (κ1) is 9.71. The molecule has 78 valence electrons. The van der Waals surface area contributed by atoms with Crippen LogP contribution in [0.2, 0.25) is 0 Å². The second-order valence-corrected chi connectivity index (χ2v) is 3.30. The van der Waals surface area contributed by atoms with E-state index in [-0.39, 0.29) is 0 Å². The summed E-state index contributed by atoms with van der Waals surface area (Å²) in [4.78, 5) is 11.7. The molecule has 0 amide bonds. The largest absolute Gasteiger partial charge is 0.369 e. The third-order valence-electron chi connectivity index (χ3n) is 2.06. The van der Waals surface area contributed by atoms with Gasteiger partial charge in [0.1, 0.15) is 11.5 Å². The lowest BCUT2D eigenvalue weighted by atomic mass is 10.3. The molecule has 4 nitrogen and oxygen atoms in total. The van der Waals surface area contributed by atoms with Gasteiger partial charge >= 0.3 is 0 Å². The second-order valence-electron chi connectivity index (χ2n) is 3.30. The van der Waals surface area contributed by atoms with Gasteiger partial charge < -0.3 is 10.3 Å². The van der Waals surface area contributed by atoms with Gasteiger partial charge in [-0.2, -0.15) is 0 Å². The first-order valence-corrected chi connectivity index (χ1v) is 5.10. The molecule has 0 aliphatic rings. The molecule has 0 aromatic carbocycles. The smallest absolute Gasteiger partial charge is 0.145 e. The minimum atomic E-state index is 0.823. The molecule has 0 radical (unpaired) electrons. The molecule has 2 rings (SSSR count). The Kier molecular flexibility index (Phi) is 2.97. The van der Waals surface area contributed by atoms with E-state index in [4.69, 9.17) is 0 Å². The average molecular weight is 202 g/mol. The highest BCUT2D eigenvalue weighted by Crippen LogP contribution is 2.14. The molecule has 2 N–H and O–H groups in total. The summed E-state index contributed by atoms with van der Waals surface area (Å²) >= 11 is 0. The summed E-state index contributed by atoms with van der Waals surface area (Å²) in [6, 6.07) is 3.93. The van der Waals surface area contributed by atoms with Gasteiger partial charge in [0.05, 0.1) is 18.1 Å². The highest BCUT2D eigenvalue weighted by Gasteiger charge is 2.01. The molecule has 0 unspecified atom stereocenters. The van der Waals surface area contributed by atoms with E-state index in [1.807, 2.05) is 18.3 Å². The highest BCUT2D eigenvalue weighted by molar-refractivity contribution is 5.55. The molecule has 0 aliphatic heterocycles. The van der Waals surface area contributed by atoms with Gasteiger partial charge in [0.15, 0.2) is 0 Å². The van der Waals surface area contributed by atoms with Crippen molar-refractivity contribution in [2.24, 2.45) is 0 Å². The maximum Gasteiger partial charge on any atom is 0.145 e. The predicted octanol–water partition coefficient (Wildman–Crippen LogP) is 2.29. The quantitative estimate of drug-likeness (QED) is 0.799. The van der Waals surface area contributed by atoms with Crippen LogP contribution in [0.15, 0.2) is 30.7 Å². The van der Waals surface area contributed by atoms with Crippen molar-refractivity contribution in [3.63, 3.8) is 0 Å². The topological polar surface area (TPSA) is 53.6 Å². The van der Waals surface area contributed by atoms with Crippen LogP contribution in [0.4, 0.5) is 5.82 Å². The summed E-state index contributed by atoms with van der Waals surface area (Å²) in [5.41, 5.74) is 1.85. The normalized spacial score (nSPS) is 10.2. The molecule has 2 heterocycles. The molecular weight excluding hydrogens is 188 g/mol. The summed E-state index contributed by atoms with van der Waals surface area (Å²) in [7, 11) is 0. The fourth-order valence-corrected chi connectivity index (χ4v) is 1.32. The number of hydrogen-bond donors (Lipinski definition) is 2. The van der Waals surface area contributed by atoms with Crippen LogP contribution in [0.3, 0.4) is 0 Å². The zero-order valence-corrected chi connectivity index (χ0v) is 8.70. The van der Waals surface area contributed by atoms with Gasteiger partial charge in [0.2, 0.25) is 0 Å². The molecule has 0 aliphatic carbocycles. The molecular formula is C11H14N4. The first-order chi connectivity index (χ1) is 7.40. The lowest BCUT2D eigenvalue weighted by Crippen LogP contribution is -2.02. The standard InChI is InChI=1S/C11H14N4/c1-2-5-14-11-8-12-7-10(15-11)9-4-3-6-13-9/h3-4,6-8,13H,2,5H2,1H3,(H,14,15).